The zero-order valence-electron chi connectivity index (χ0n) is 12.2. The molecule has 0 saturated carbocycles. The van der Waals surface area contributed by atoms with E-state index in [0.717, 1.165) is 30.2 Å². The maximum Gasteiger partial charge on any atom is 0.0951 e. The third kappa shape index (κ3) is 2.45. The summed E-state index contributed by atoms with van der Waals surface area (Å²) in [5.41, 5.74) is 9.02. The minimum atomic E-state index is 0.769. The SMILES string of the molecule is CCCC1CCN(c2ccc(N)c3ncccc23)CC1. The Bertz CT molecular complexity index is 586. The van der Waals surface area contributed by atoms with Crippen molar-refractivity contribution in [3.05, 3.63) is 30.5 Å². The molecule has 0 amide bonds. The van der Waals surface area contributed by atoms with Crippen LogP contribution >= 0.6 is 0 Å². The van der Waals surface area contributed by atoms with Gasteiger partial charge < -0.3 is 10.6 Å². The van der Waals surface area contributed by atoms with Crippen LogP contribution < -0.4 is 10.6 Å². The van der Waals surface area contributed by atoms with Gasteiger partial charge in [0.05, 0.1) is 11.2 Å². The summed E-state index contributed by atoms with van der Waals surface area (Å²) in [5, 5.41) is 1.18. The van der Waals surface area contributed by atoms with E-state index in [4.69, 9.17) is 5.73 Å². The maximum atomic E-state index is 6.04. The Hall–Kier alpha value is -1.77. The van der Waals surface area contributed by atoms with Crippen LogP contribution in [-0.2, 0) is 0 Å². The fourth-order valence-corrected chi connectivity index (χ4v) is 3.33. The molecule has 0 unspecified atom stereocenters. The molecule has 0 radical (unpaired) electrons. The molecule has 2 N–H and O–H groups in total. The van der Waals surface area contributed by atoms with Crippen LogP contribution in [0.5, 0.6) is 0 Å². The van der Waals surface area contributed by atoms with Gasteiger partial charge in [0.1, 0.15) is 0 Å². The number of piperidine rings is 1. The first-order valence-corrected chi connectivity index (χ1v) is 7.67. The Balaban J connectivity index is 1.87. The van der Waals surface area contributed by atoms with Gasteiger partial charge in [-0.25, -0.2) is 0 Å². The van der Waals surface area contributed by atoms with Gasteiger partial charge in [0.25, 0.3) is 0 Å². The molecule has 1 aromatic heterocycles. The Labute approximate surface area is 120 Å². The number of pyridine rings is 1. The number of benzene rings is 1. The van der Waals surface area contributed by atoms with Crippen LogP contribution in [0.15, 0.2) is 30.5 Å². The minimum absolute atomic E-state index is 0.769. The number of fused-ring (bicyclic) bond motifs is 1. The Morgan fingerprint density at radius 3 is 2.80 bits per heavy atom. The highest BCUT2D eigenvalue weighted by Crippen LogP contribution is 2.32. The zero-order chi connectivity index (χ0) is 13.9. The third-order valence-electron chi connectivity index (χ3n) is 4.43. The largest absolute Gasteiger partial charge is 0.397 e. The molecule has 0 aliphatic carbocycles. The number of hydrogen-bond acceptors (Lipinski definition) is 3. The molecule has 20 heavy (non-hydrogen) atoms. The summed E-state index contributed by atoms with van der Waals surface area (Å²) in [6.07, 6.45) is 7.10. The fourth-order valence-electron chi connectivity index (χ4n) is 3.33. The van der Waals surface area contributed by atoms with Gasteiger partial charge in [-0.05, 0) is 43.0 Å². The van der Waals surface area contributed by atoms with E-state index in [1.165, 1.54) is 36.8 Å². The van der Waals surface area contributed by atoms with E-state index in [2.05, 4.69) is 28.9 Å². The topological polar surface area (TPSA) is 42.1 Å². The summed E-state index contributed by atoms with van der Waals surface area (Å²) in [4.78, 5) is 6.92. The fraction of sp³-hybridized carbons (Fsp3) is 0.471. The van der Waals surface area contributed by atoms with Crippen molar-refractivity contribution in [2.45, 2.75) is 32.6 Å². The second-order valence-corrected chi connectivity index (χ2v) is 5.79. The normalized spacial score (nSPS) is 16.8. The predicted octanol–water partition coefficient (Wildman–Crippen LogP) is 3.83. The van der Waals surface area contributed by atoms with Gasteiger partial charge in [0.15, 0.2) is 0 Å². The number of anilines is 2. The van der Waals surface area contributed by atoms with E-state index in [1.54, 1.807) is 0 Å². The lowest BCUT2D eigenvalue weighted by molar-refractivity contribution is 0.379. The van der Waals surface area contributed by atoms with Crippen molar-refractivity contribution in [2.75, 3.05) is 23.7 Å². The Morgan fingerprint density at radius 2 is 2.05 bits per heavy atom. The monoisotopic (exact) mass is 269 g/mol. The van der Waals surface area contributed by atoms with E-state index in [9.17, 15) is 0 Å². The first-order chi connectivity index (χ1) is 9.79. The van der Waals surface area contributed by atoms with Crippen molar-refractivity contribution in [1.29, 1.82) is 0 Å². The van der Waals surface area contributed by atoms with Crippen LogP contribution in [0.25, 0.3) is 10.9 Å². The second kappa shape index (κ2) is 5.70. The smallest absolute Gasteiger partial charge is 0.0951 e. The molecular weight excluding hydrogens is 246 g/mol. The lowest BCUT2D eigenvalue weighted by Crippen LogP contribution is -2.33. The summed E-state index contributed by atoms with van der Waals surface area (Å²) in [6, 6.07) is 8.27. The number of nitrogens with two attached hydrogens (primary N) is 1. The van der Waals surface area contributed by atoms with Gasteiger partial charge >= 0.3 is 0 Å². The van der Waals surface area contributed by atoms with E-state index in [1.807, 2.05) is 18.3 Å². The zero-order valence-corrected chi connectivity index (χ0v) is 12.2. The maximum absolute atomic E-state index is 6.04. The summed E-state index contributed by atoms with van der Waals surface area (Å²) in [5.74, 6) is 0.912. The van der Waals surface area contributed by atoms with Crippen LogP contribution in [-0.4, -0.2) is 18.1 Å². The van der Waals surface area contributed by atoms with Crippen molar-refractivity contribution in [3.8, 4) is 0 Å². The number of aromatic nitrogens is 1. The molecule has 3 rings (SSSR count). The van der Waals surface area contributed by atoms with Gasteiger partial charge in [-0.2, -0.15) is 0 Å². The Kier molecular flexibility index (Phi) is 3.77. The van der Waals surface area contributed by atoms with Crippen molar-refractivity contribution in [2.24, 2.45) is 5.92 Å². The lowest BCUT2D eigenvalue weighted by Gasteiger charge is -2.34. The molecule has 1 fully saturated rings. The average molecular weight is 269 g/mol. The number of nitrogens with zero attached hydrogens (tertiary/aromatic N) is 2. The van der Waals surface area contributed by atoms with Crippen molar-refractivity contribution in [1.82, 2.24) is 4.98 Å². The highest BCUT2D eigenvalue weighted by molar-refractivity contribution is 5.98. The van der Waals surface area contributed by atoms with E-state index in [0.29, 0.717) is 0 Å². The molecule has 1 aromatic carbocycles. The van der Waals surface area contributed by atoms with E-state index in [-0.39, 0.29) is 0 Å². The number of hydrogen-bond donors (Lipinski definition) is 1. The highest BCUT2D eigenvalue weighted by Gasteiger charge is 2.20. The number of nitrogen functional groups attached to an aromatic ring is 1. The van der Waals surface area contributed by atoms with Gasteiger partial charge in [0, 0.05) is 30.4 Å². The van der Waals surface area contributed by atoms with E-state index < -0.39 is 0 Å². The second-order valence-electron chi connectivity index (χ2n) is 5.79. The molecule has 1 aliphatic heterocycles. The molecule has 0 spiro atoms. The van der Waals surface area contributed by atoms with Gasteiger partial charge in [-0.3, -0.25) is 4.98 Å². The molecule has 3 nitrogen and oxygen atoms in total. The van der Waals surface area contributed by atoms with E-state index >= 15 is 0 Å². The molecule has 1 aliphatic rings. The van der Waals surface area contributed by atoms with Gasteiger partial charge in [-0.1, -0.05) is 19.8 Å². The van der Waals surface area contributed by atoms with Crippen molar-refractivity contribution in [3.63, 3.8) is 0 Å². The molecule has 106 valence electrons. The molecular formula is C17H23N3. The quantitative estimate of drug-likeness (QED) is 0.861. The summed E-state index contributed by atoms with van der Waals surface area (Å²) in [6.45, 7) is 4.59. The van der Waals surface area contributed by atoms with Gasteiger partial charge in [-0.15, -0.1) is 0 Å². The van der Waals surface area contributed by atoms with Crippen LogP contribution in [0.2, 0.25) is 0 Å². The first kappa shape index (κ1) is 13.2. The molecule has 0 bridgehead atoms. The summed E-state index contributed by atoms with van der Waals surface area (Å²) < 4.78 is 0. The Morgan fingerprint density at radius 1 is 1.25 bits per heavy atom. The predicted molar refractivity (Wildman–Crippen MR) is 86.0 cm³/mol. The van der Waals surface area contributed by atoms with Crippen LogP contribution in [0.1, 0.15) is 32.6 Å². The molecule has 0 atom stereocenters. The van der Waals surface area contributed by atoms with Crippen molar-refractivity contribution < 1.29 is 0 Å². The summed E-state index contributed by atoms with van der Waals surface area (Å²) in [7, 11) is 0. The van der Waals surface area contributed by atoms with Crippen molar-refractivity contribution >= 4 is 22.3 Å². The molecule has 1 saturated heterocycles. The summed E-state index contributed by atoms with van der Waals surface area (Å²) >= 11 is 0. The highest BCUT2D eigenvalue weighted by atomic mass is 15.1. The van der Waals surface area contributed by atoms with Crippen LogP contribution in [0.4, 0.5) is 11.4 Å². The third-order valence-corrected chi connectivity index (χ3v) is 4.43. The molecule has 2 aromatic rings. The van der Waals surface area contributed by atoms with Crippen LogP contribution in [0, 0.1) is 5.92 Å². The first-order valence-electron chi connectivity index (χ1n) is 7.67. The van der Waals surface area contributed by atoms with Gasteiger partial charge in [0.2, 0.25) is 0 Å². The minimum Gasteiger partial charge on any atom is -0.397 e. The molecule has 2 heterocycles. The number of rotatable bonds is 3. The molecule has 3 heteroatoms. The standard InChI is InChI=1S/C17H23N3/c1-2-4-13-8-11-20(12-9-13)16-7-6-15(18)17-14(16)5-3-10-19-17/h3,5-7,10,13H,2,4,8-9,11-12,18H2,1H3. The lowest BCUT2D eigenvalue weighted by atomic mass is 9.92. The average Bonchev–Trinajstić information content (AvgIpc) is 2.49. The van der Waals surface area contributed by atoms with Crippen LogP contribution in [0.3, 0.4) is 0 Å².